The quantitative estimate of drug-likeness (QED) is 0.708. The molecule has 0 amide bonds. The van der Waals surface area contributed by atoms with E-state index < -0.39 is 0 Å². The molecule has 1 fully saturated rings. The van der Waals surface area contributed by atoms with Crippen molar-refractivity contribution < 1.29 is 0 Å². The van der Waals surface area contributed by atoms with Gasteiger partial charge < -0.3 is 10.3 Å². The van der Waals surface area contributed by atoms with E-state index in [4.69, 9.17) is 0 Å². The first kappa shape index (κ1) is 9.43. The summed E-state index contributed by atoms with van der Waals surface area (Å²) < 4.78 is 0. The van der Waals surface area contributed by atoms with Crippen molar-refractivity contribution in [3.8, 4) is 0 Å². The molecule has 1 aliphatic carbocycles. The third kappa shape index (κ3) is 1.70. The predicted octanol–water partition coefficient (Wildman–Crippen LogP) is 1.16. The molecule has 82 valence electrons. The van der Waals surface area contributed by atoms with Gasteiger partial charge >= 0.3 is 0 Å². The fourth-order valence-electron chi connectivity index (χ4n) is 2.54. The zero-order valence-corrected chi connectivity index (χ0v) is 9.13. The number of hydrogen-bond donors (Lipinski definition) is 2. The molecule has 3 heteroatoms. The van der Waals surface area contributed by atoms with E-state index in [2.05, 4.69) is 27.9 Å². The summed E-state index contributed by atoms with van der Waals surface area (Å²) in [6.07, 6.45) is 9.97. The van der Waals surface area contributed by atoms with Crippen molar-refractivity contribution >= 4 is 0 Å². The maximum atomic E-state index is 3.49. The largest absolute Gasteiger partial charge is 0.313 e. The minimum Gasteiger partial charge on any atom is -0.313 e. The molecule has 15 heavy (non-hydrogen) atoms. The van der Waals surface area contributed by atoms with Crippen LogP contribution in [-0.2, 0) is 0 Å². The molecule has 0 radical (unpaired) electrons. The van der Waals surface area contributed by atoms with Crippen LogP contribution in [0.1, 0.15) is 25.7 Å². The van der Waals surface area contributed by atoms with Crippen LogP contribution in [0.5, 0.6) is 0 Å². The third-order valence-electron chi connectivity index (χ3n) is 3.65. The summed E-state index contributed by atoms with van der Waals surface area (Å²) in [5.41, 5.74) is 6.48. The van der Waals surface area contributed by atoms with Crippen molar-refractivity contribution in [1.82, 2.24) is 15.8 Å². The number of nitrogens with zero attached hydrogens (tertiary/aromatic N) is 1. The predicted molar refractivity (Wildman–Crippen MR) is 61.1 cm³/mol. The monoisotopic (exact) mass is 205 g/mol. The second kappa shape index (κ2) is 3.99. The number of rotatable bonds is 2. The van der Waals surface area contributed by atoms with E-state index >= 15 is 0 Å². The summed E-state index contributed by atoms with van der Waals surface area (Å²) >= 11 is 0. The molecule has 0 saturated heterocycles. The molecule has 2 heterocycles. The van der Waals surface area contributed by atoms with Crippen LogP contribution in [-0.4, -0.2) is 30.7 Å². The number of allylic oxidation sites excluding steroid dienone is 1. The van der Waals surface area contributed by atoms with E-state index in [1.165, 1.54) is 37.0 Å². The molecular formula is C12H19N3. The number of hydrogen-bond acceptors (Lipinski definition) is 3. The van der Waals surface area contributed by atoms with Gasteiger partial charge in [0, 0.05) is 19.1 Å². The van der Waals surface area contributed by atoms with Crippen LogP contribution < -0.4 is 10.7 Å². The highest BCUT2D eigenvalue weighted by Gasteiger charge is 2.30. The fourth-order valence-corrected chi connectivity index (χ4v) is 2.54. The molecule has 0 aromatic rings. The maximum Gasteiger partial charge on any atom is 0.0526 e. The van der Waals surface area contributed by atoms with Gasteiger partial charge in [-0.05, 0) is 43.9 Å². The highest BCUT2D eigenvalue weighted by Crippen LogP contribution is 2.31. The lowest BCUT2D eigenvalue weighted by Gasteiger charge is -2.38. The standard InChI is InChI=1S/C12H19N3/c1-2-11(3-1)15-12(6-9-14-15)10-4-7-13-8-5-10/h4,6,11,13-14H,1-3,5,7-9H2. The molecule has 0 aromatic carbocycles. The topological polar surface area (TPSA) is 27.3 Å². The molecule has 0 atom stereocenters. The lowest BCUT2D eigenvalue weighted by molar-refractivity contribution is 0.132. The first-order valence-corrected chi connectivity index (χ1v) is 6.08. The molecular weight excluding hydrogens is 186 g/mol. The molecule has 3 nitrogen and oxygen atoms in total. The van der Waals surface area contributed by atoms with E-state index in [9.17, 15) is 0 Å². The highest BCUT2D eigenvalue weighted by atomic mass is 15.5. The Morgan fingerprint density at radius 1 is 1.20 bits per heavy atom. The van der Waals surface area contributed by atoms with Crippen molar-refractivity contribution in [3.05, 3.63) is 23.4 Å². The zero-order valence-electron chi connectivity index (χ0n) is 9.13. The summed E-state index contributed by atoms with van der Waals surface area (Å²) in [6.45, 7) is 3.17. The van der Waals surface area contributed by atoms with Gasteiger partial charge in [-0.3, -0.25) is 0 Å². The maximum absolute atomic E-state index is 3.49. The van der Waals surface area contributed by atoms with Crippen LogP contribution in [0.2, 0.25) is 0 Å². The third-order valence-corrected chi connectivity index (χ3v) is 3.65. The van der Waals surface area contributed by atoms with E-state index in [0.29, 0.717) is 0 Å². The second-order valence-electron chi connectivity index (χ2n) is 4.59. The molecule has 2 N–H and O–H groups in total. The Labute approximate surface area is 91.2 Å². The minimum absolute atomic E-state index is 0.759. The van der Waals surface area contributed by atoms with Gasteiger partial charge in [0.1, 0.15) is 0 Å². The van der Waals surface area contributed by atoms with E-state index in [-0.39, 0.29) is 0 Å². The lowest BCUT2D eigenvalue weighted by atomic mass is 9.91. The fraction of sp³-hybridized carbons (Fsp3) is 0.667. The van der Waals surface area contributed by atoms with Crippen LogP contribution in [0.15, 0.2) is 23.4 Å². The normalized spacial score (nSPS) is 27.3. The Hall–Kier alpha value is -0.800. The van der Waals surface area contributed by atoms with Crippen molar-refractivity contribution in [1.29, 1.82) is 0 Å². The van der Waals surface area contributed by atoms with Crippen molar-refractivity contribution in [3.63, 3.8) is 0 Å². The molecule has 1 saturated carbocycles. The van der Waals surface area contributed by atoms with E-state index in [0.717, 1.165) is 25.7 Å². The Morgan fingerprint density at radius 2 is 2.13 bits per heavy atom. The van der Waals surface area contributed by atoms with Crippen molar-refractivity contribution in [2.45, 2.75) is 31.7 Å². The average Bonchev–Trinajstić information content (AvgIpc) is 2.65. The van der Waals surface area contributed by atoms with Crippen LogP contribution in [0.25, 0.3) is 0 Å². The molecule has 3 rings (SSSR count). The Bertz CT molecular complexity index is 302. The van der Waals surface area contributed by atoms with Gasteiger partial charge in [-0.2, -0.15) is 0 Å². The van der Waals surface area contributed by atoms with Gasteiger partial charge in [0.25, 0.3) is 0 Å². The molecule has 0 unspecified atom stereocenters. The number of hydrazine groups is 1. The lowest BCUT2D eigenvalue weighted by Crippen LogP contribution is -2.45. The highest BCUT2D eigenvalue weighted by molar-refractivity contribution is 5.34. The van der Waals surface area contributed by atoms with Gasteiger partial charge in [-0.1, -0.05) is 6.08 Å². The summed E-state index contributed by atoms with van der Waals surface area (Å²) in [4.78, 5) is 0. The summed E-state index contributed by atoms with van der Waals surface area (Å²) in [5, 5.41) is 5.78. The van der Waals surface area contributed by atoms with Crippen LogP contribution in [0.4, 0.5) is 0 Å². The van der Waals surface area contributed by atoms with Gasteiger partial charge in [0.2, 0.25) is 0 Å². The first-order chi connectivity index (χ1) is 7.45. The van der Waals surface area contributed by atoms with Crippen molar-refractivity contribution in [2.24, 2.45) is 0 Å². The van der Waals surface area contributed by atoms with Gasteiger partial charge in [0.15, 0.2) is 0 Å². The van der Waals surface area contributed by atoms with Gasteiger partial charge in [-0.15, -0.1) is 0 Å². The van der Waals surface area contributed by atoms with E-state index in [1.54, 1.807) is 0 Å². The SMILES string of the molecule is C1=C(C2=CCNN2C2CCC2)CCNC1. The Kier molecular flexibility index (Phi) is 2.51. The molecule has 2 aliphatic heterocycles. The average molecular weight is 205 g/mol. The smallest absolute Gasteiger partial charge is 0.0526 e. The minimum atomic E-state index is 0.759. The van der Waals surface area contributed by atoms with Gasteiger partial charge in [-0.25, -0.2) is 5.43 Å². The Balaban J connectivity index is 1.75. The number of nitrogens with one attached hydrogen (secondary N) is 2. The van der Waals surface area contributed by atoms with E-state index in [1.807, 2.05) is 0 Å². The second-order valence-corrected chi connectivity index (χ2v) is 4.59. The molecule has 0 spiro atoms. The van der Waals surface area contributed by atoms with Crippen LogP contribution in [0, 0.1) is 0 Å². The molecule has 0 aromatic heterocycles. The summed E-state index contributed by atoms with van der Waals surface area (Å²) in [5.74, 6) is 0. The molecule has 3 aliphatic rings. The van der Waals surface area contributed by atoms with Crippen molar-refractivity contribution in [2.75, 3.05) is 19.6 Å². The molecule has 0 bridgehead atoms. The van der Waals surface area contributed by atoms with Crippen LogP contribution in [0.3, 0.4) is 0 Å². The first-order valence-electron chi connectivity index (χ1n) is 6.08. The van der Waals surface area contributed by atoms with Crippen LogP contribution >= 0.6 is 0 Å². The zero-order chi connectivity index (χ0) is 10.1. The summed E-state index contributed by atoms with van der Waals surface area (Å²) in [7, 11) is 0. The Morgan fingerprint density at radius 3 is 2.80 bits per heavy atom. The van der Waals surface area contributed by atoms with Gasteiger partial charge in [0.05, 0.1) is 5.70 Å². The summed E-state index contributed by atoms with van der Waals surface area (Å²) in [6, 6.07) is 0.759.